The molecule has 0 aliphatic carbocycles. The second-order valence-electron chi connectivity index (χ2n) is 1.08. The van der Waals surface area contributed by atoms with Crippen LogP contribution in [0, 0.1) is 11.3 Å². The predicted molar refractivity (Wildman–Crippen MR) is 28.4 cm³/mol. The van der Waals surface area contributed by atoms with E-state index in [9.17, 15) is 4.57 Å². The van der Waals surface area contributed by atoms with E-state index < -0.39 is 14.4 Å². The van der Waals surface area contributed by atoms with Crippen LogP contribution in [0.1, 0.15) is 0 Å². The van der Waals surface area contributed by atoms with Gasteiger partial charge in [-0.3, -0.25) is 9.05 Å². The fourth-order valence-corrected chi connectivity index (χ4v) is 0.489. The van der Waals surface area contributed by atoms with Crippen LogP contribution in [-0.4, -0.2) is 18.6 Å². The van der Waals surface area contributed by atoms with Gasteiger partial charge >= 0.3 is 7.82 Å². The Morgan fingerprint density at radius 1 is 1.89 bits per heavy atom. The van der Waals surface area contributed by atoms with Crippen LogP contribution in [0.2, 0.25) is 0 Å². The number of nitriles is 1. The lowest BCUT2D eigenvalue weighted by molar-refractivity contribution is 0.190. The van der Waals surface area contributed by atoms with Crippen LogP contribution in [-0.2, 0) is 13.6 Å². The number of phosphoric acid groups is 1. The highest BCUT2D eigenvalue weighted by Crippen LogP contribution is 2.41. The Morgan fingerprint density at radius 3 is 2.78 bits per heavy atom. The number of rotatable bonds is 3. The molecule has 0 aromatic rings. The van der Waals surface area contributed by atoms with E-state index in [0.717, 1.165) is 7.11 Å². The topological polar surface area (TPSA) is 79.6 Å². The van der Waals surface area contributed by atoms with Gasteiger partial charge in [0.15, 0.2) is 0 Å². The van der Waals surface area contributed by atoms with E-state index in [2.05, 4.69) is 9.05 Å². The number of hydrogen-bond acceptors (Lipinski definition) is 4. The van der Waals surface area contributed by atoms with E-state index in [0.29, 0.717) is 0 Å². The van der Waals surface area contributed by atoms with Crippen molar-refractivity contribution in [3.05, 3.63) is 0 Å². The maximum absolute atomic E-state index is 10.3. The zero-order valence-corrected chi connectivity index (χ0v) is 5.67. The molecule has 0 saturated heterocycles. The third kappa shape index (κ3) is 4.13. The van der Waals surface area contributed by atoms with Crippen LogP contribution in [0.15, 0.2) is 0 Å². The summed E-state index contributed by atoms with van der Waals surface area (Å²) in [5, 5.41) is 7.86. The zero-order chi connectivity index (χ0) is 7.33. The Balaban J connectivity index is 3.63. The van der Waals surface area contributed by atoms with Crippen molar-refractivity contribution in [1.82, 2.24) is 0 Å². The average molecular weight is 151 g/mol. The van der Waals surface area contributed by atoms with Crippen molar-refractivity contribution in [1.29, 1.82) is 5.26 Å². The average Bonchev–Trinajstić information content (AvgIpc) is 1.84. The second kappa shape index (κ2) is 3.59. The van der Waals surface area contributed by atoms with Gasteiger partial charge in [-0.1, -0.05) is 0 Å². The van der Waals surface area contributed by atoms with Crippen molar-refractivity contribution in [2.75, 3.05) is 13.7 Å². The van der Waals surface area contributed by atoms with Gasteiger partial charge in [0.05, 0.1) is 6.07 Å². The lowest BCUT2D eigenvalue weighted by Crippen LogP contribution is -1.90. The maximum Gasteiger partial charge on any atom is 0.472 e. The quantitative estimate of drug-likeness (QED) is 0.585. The molecule has 6 heteroatoms. The van der Waals surface area contributed by atoms with Crippen molar-refractivity contribution >= 4 is 7.82 Å². The Kier molecular flexibility index (Phi) is 3.43. The highest BCUT2D eigenvalue weighted by molar-refractivity contribution is 7.47. The van der Waals surface area contributed by atoms with Gasteiger partial charge in [0, 0.05) is 7.11 Å². The Morgan fingerprint density at radius 2 is 2.44 bits per heavy atom. The molecule has 5 nitrogen and oxygen atoms in total. The Hall–Kier alpha value is -0.400. The summed E-state index contributed by atoms with van der Waals surface area (Å²) < 4.78 is 18.3. The predicted octanol–water partition coefficient (Wildman–Crippen LogP) is 0.273. The second-order valence-corrected chi connectivity index (χ2v) is 2.64. The highest BCUT2D eigenvalue weighted by Gasteiger charge is 2.16. The first kappa shape index (κ1) is 8.60. The summed E-state index contributed by atoms with van der Waals surface area (Å²) in [4.78, 5) is 8.41. The smallest absolute Gasteiger partial charge is 0.302 e. The molecule has 0 radical (unpaired) electrons. The minimum absolute atomic E-state index is 0.443. The summed E-state index contributed by atoms with van der Waals surface area (Å²) in [5.74, 6) is 0. The van der Waals surface area contributed by atoms with Gasteiger partial charge < -0.3 is 4.89 Å². The fraction of sp³-hybridized carbons (Fsp3) is 0.667. The highest BCUT2D eigenvalue weighted by atomic mass is 31.2. The first-order chi connectivity index (χ1) is 4.12. The van der Waals surface area contributed by atoms with Gasteiger partial charge in [0.2, 0.25) is 0 Å². The van der Waals surface area contributed by atoms with E-state index in [1.807, 2.05) is 0 Å². The molecule has 9 heavy (non-hydrogen) atoms. The van der Waals surface area contributed by atoms with Gasteiger partial charge in [-0.05, 0) is 0 Å². The van der Waals surface area contributed by atoms with E-state index in [-0.39, 0.29) is 0 Å². The van der Waals surface area contributed by atoms with Crippen molar-refractivity contribution in [2.45, 2.75) is 0 Å². The normalized spacial score (nSPS) is 16.1. The van der Waals surface area contributed by atoms with Crippen LogP contribution in [0.3, 0.4) is 0 Å². The number of phosphoric ester groups is 1. The molecule has 0 aromatic heterocycles. The third-order valence-electron chi connectivity index (χ3n) is 0.523. The lowest BCUT2D eigenvalue weighted by atomic mass is 10.9. The summed E-state index contributed by atoms with van der Waals surface area (Å²) >= 11 is 0. The van der Waals surface area contributed by atoms with Gasteiger partial charge in [-0.15, -0.1) is 0 Å². The van der Waals surface area contributed by atoms with Crippen molar-refractivity contribution < 1.29 is 18.5 Å². The van der Waals surface area contributed by atoms with Crippen LogP contribution < -0.4 is 0 Å². The molecule has 0 aliphatic heterocycles. The van der Waals surface area contributed by atoms with Crippen LogP contribution in [0.4, 0.5) is 0 Å². The zero-order valence-electron chi connectivity index (χ0n) is 4.77. The van der Waals surface area contributed by atoms with Crippen molar-refractivity contribution in [3.8, 4) is 6.07 Å². The Bertz CT molecular complexity index is 162. The van der Waals surface area contributed by atoms with E-state index in [1.165, 1.54) is 6.07 Å². The molecule has 0 rings (SSSR count). The summed E-state index contributed by atoms with van der Waals surface area (Å²) in [6, 6.07) is 1.52. The molecule has 0 heterocycles. The molecule has 0 spiro atoms. The molecular weight excluding hydrogens is 145 g/mol. The maximum atomic E-state index is 10.3. The number of nitrogens with zero attached hydrogens (tertiary/aromatic N) is 1. The molecular formula is C3H6NO4P. The lowest BCUT2D eigenvalue weighted by Gasteiger charge is -2.03. The van der Waals surface area contributed by atoms with Gasteiger partial charge in [-0.25, -0.2) is 4.57 Å². The minimum Gasteiger partial charge on any atom is -0.302 e. The van der Waals surface area contributed by atoms with E-state index >= 15 is 0 Å². The SMILES string of the molecule is COP(=O)(O)OCC#N. The van der Waals surface area contributed by atoms with Crippen LogP contribution in [0.5, 0.6) is 0 Å². The van der Waals surface area contributed by atoms with Gasteiger partial charge in [0.25, 0.3) is 0 Å². The summed E-state index contributed by atoms with van der Waals surface area (Å²) in [5.41, 5.74) is 0. The molecule has 1 atom stereocenters. The van der Waals surface area contributed by atoms with E-state index in [1.54, 1.807) is 0 Å². The van der Waals surface area contributed by atoms with E-state index in [4.69, 9.17) is 10.2 Å². The molecule has 1 unspecified atom stereocenters. The molecule has 0 saturated carbocycles. The third-order valence-corrected chi connectivity index (χ3v) is 1.44. The molecule has 0 aromatic carbocycles. The summed E-state index contributed by atoms with van der Waals surface area (Å²) in [7, 11) is -2.89. The van der Waals surface area contributed by atoms with Crippen LogP contribution in [0.25, 0.3) is 0 Å². The molecule has 0 amide bonds. The first-order valence-corrected chi connectivity index (χ1v) is 3.52. The first-order valence-electron chi connectivity index (χ1n) is 2.02. The largest absolute Gasteiger partial charge is 0.472 e. The van der Waals surface area contributed by atoms with Gasteiger partial charge in [0.1, 0.15) is 6.61 Å². The standard InChI is InChI=1S/C3H6NO4P/c1-7-9(5,6)8-3-2-4/h3H2,1H3,(H,5,6). The molecule has 1 N–H and O–H groups in total. The van der Waals surface area contributed by atoms with Crippen LogP contribution >= 0.6 is 7.82 Å². The minimum atomic E-state index is -3.91. The molecule has 0 bridgehead atoms. The van der Waals surface area contributed by atoms with Gasteiger partial charge in [-0.2, -0.15) is 5.26 Å². The fourth-order valence-electron chi connectivity index (χ4n) is 0.163. The van der Waals surface area contributed by atoms with Crippen molar-refractivity contribution in [2.24, 2.45) is 0 Å². The molecule has 52 valence electrons. The number of hydrogen-bond donors (Lipinski definition) is 1. The molecule has 0 aliphatic rings. The summed E-state index contributed by atoms with van der Waals surface area (Å²) in [6.07, 6.45) is 0. The molecule has 0 fully saturated rings. The Labute approximate surface area is 52.4 Å². The summed E-state index contributed by atoms with van der Waals surface area (Å²) in [6.45, 7) is -0.443. The van der Waals surface area contributed by atoms with Crippen molar-refractivity contribution in [3.63, 3.8) is 0 Å². The monoisotopic (exact) mass is 151 g/mol.